The molecule has 2 heterocycles. The predicted molar refractivity (Wildman–Crippen MR) is 135 cm³/mol. The van der Waals surface area contributed by atoms with Gasteiger partial charge in [0.15, 0.2) is 0 Å². The number of aromatic nitrogens is 2. The molecule has 1 fully saturated rings. The second-order valence-corrected chi connectivity index (χ2v) is 9.17. The number of aryl methyl sites for hydroxylation is 3. The number of β-amino-alcohol motifs (C(OH)–C–C–N with tert-alkyl or cyclic N) is 1. The number of aliphatic hydroxyl groups excluding tert-OH is 1. The SMILES string of the molecule is CCc1nc(C)nc(N2CCN(C[C@H](O)Cc3ccccc3)CC2)c1Cc1cccc(C)c1. The Morgan fingerprint density at radius 3 is 2.33 bits per heavy atom. The molecule has 0 amide bonds. The van der Waals surface area contributed by atoms with Crippen LogP contribution < -0.4 is 4.90 Å². The Morgan fingerprint density at radius 1 is 0.909 bits per heavy atom. The summed E-state index contributed by atoms with van der Waals surface area (Å²) in [6.07, 6.45) is 2.12. The minimum atomic E-state index is -0.344. The Bertz CT molecular complexity index is 1050. The molecule has 1 saturated heterocycles. The fraction of sp³-hybridized carbons (Fsp3) is 0.429. The van der Waals surface area contributed by atoms with Gasteiger partial charge in [-0.3, -0.25) is 4.90 Å². The summed E-state index contributed by atoms with van der Waals surface area (Å²) in [5.74, 6) is 1.93. The summed E-state index contributed by atoms with van der Waals surface area (Å²) in [7, 11) is 0. The van der Waals surface area contributed by atoms with Crippen LogP contribution in [0.25, 0.3) is 0 Å². The molecule has 0 spiro atoms. The molecule has 33 heavy (non-hydrogen) atoms. The molecule has 0 bridgehead atoms. The van der Waals surface area contributed by atoms with Crippen LogP contribution in [0.2, 0.25) is 0 Å². The molecule has 0 unspecified atom stereocenters. The monoisotopic (exact) mass is 444 g/mol. The maximum absolute atomic E-state index is 10.6. The van der Waals surface area contributed by atoms with Crippen LogP contribution in [0.1, 0.15) is 40.7 Å². The van der Waals surface area contributed by atoms with Crippen molar-refractivity contribution in [1.82, 2.24) is 14.9 Å². The molecule has 1 aliphatic rings. The summed E-state index contributed by atoms with van der Waals surface area (Å²) >= 11 is 0. The van der Waals surface area contributed by atoms with Gasteiger partial charge >= 0.3 is 0 Å². The zero-order valence-electron chi connectivity index (χ0n) is 20.2. The second-order valence-electron chi connectivity index (χ2n) is 9.17. The summed E-state index contributed by atoms with van der Waals surface area (Å²) < 4.78 is 0. The summed E-state index contributed by atoms with van der Waals surface area (Å²) in [5, 5.41) is 10.6. The zero-order chi connectivity index (χ0) is 23.2. The van der Waals surface area contributed by atoms with Crippen molar-refractivity contribution in [2.45, 2.75) is 46.1 Å². The van der Waals surface area contributed by atoms with Crippen LogP contribution >= 0.6 is 0 Å². The van der Waals surface area contributed by atoms with Crippen molar-refractivity contribution in [3.8, 4) is 0 Å². The molecule has 4 rings (SSSR count). The van der Waals surface area contributed by atoms with Crippen molar-refractivity contribution in [3.63, 3.8) is 0 Å². The van der Waals surface area contributed by atoms with Crippen molar-refractivity contribution in [2.75, 3.05) is 37.6 Å². The molecule has 3 aromatic rings. The molecular weight excluding hydrogens is 408 g/mol. The van der Waals surface area contributed by atoms with Gasteiger partial charge in [0, 0.05) is 50.4 Å². The van der Waals surface area contributed by atoms with E-state index in [1.807, 2.05) is 25.1 Å². The van der Waals surface area contributed by atoms with Gasteiger partial charge in [-0.1, -0.05) is 67.1 Å². The number of anilines is 1. The average molecular weight is 445 g/mol. The Kier molecular flexibility index (Phi) is 7.73. The van der Waals surface area contributed by atoms with E-state index in [0.717, 1.165) is 56.4 Å². The Morgan fingerprint density at radius 2 is 1.64 bits per heavy atom. The lowest BCUT2D eigenvalue weighted by atomic mass is 10.0. The molecule has 1 atom stereocenters. The number of hydrogen-bond donors (Lipinski definition) is 1. The second kappa shape index (κ2) is 10.9. The highest BCUT2D eigenvalue weighted by molar-refractivity contribution is 5.52. The predicted octanol–water partition coefficient (Wildman–Crippen LogP) is 3.97. The molecule has 2 aromatic carbocycles. The van der Waals surface area contributed by atoms with E-state index in [9.17, 15) is 5.11 Å². The highest BCUT2D eigenvalue weighted by atomic mass is 16.3. The normalized spacial score (nSPS) is 15.6. The smallest absolute Gasteiger partial charge is 0.136 e. The van der Waals surface area contributed by atoms with E-state index in [-0.39, 0.29) is 6.10 Å². The van der Waals surface area contributed by atoms with E-state index in [4.69, 9.17) is 9.97 Å². The van der Waals surface area contributed by atoms with Crippen molar-refractivity contribution in [3.05, 3.63) is 88.4 Å². The minimum Gasteiger partial charge on any atom is -0.391 e. The van der Waals surface area contributed by atoms with Crippen LogP contribution in [-0.4, -0.2) is 58.8 Å². The first kappa shape index (κ1) is 23.4. The third kappa shape index (κ3) is 6.18. The molecule has 0 saturated carbocycles. The number of aliphatic hydroxyl groups is 1. The number of rotatable bonds is 8. The van der Waals surface area contributed by atoms with Gasteiger partial charge in [0.1, 0.15) is 11.6 Å². The molecule has 0 aliphatic carbocycles. The topological polar surface area (TPSA) is 52.5 Å². The van der Waals surface area contributed by atoms with Crippen molar-refractivity contribution < 1.29 is 5.11 Å². The molecule has 5 heteroatoms. The van der Waals surface area contributed by atoms with Crippen LogP contribution in [0.3, 0.4) is 0 Å². The third-order valence-corrected chi connectivity index (χ3v) is 6.44. The fourth-order valence-corrected chi connectivity index (χ4v) is 4.79. The standard InChI is InChI=1S/C28H36N4O/c1-4-27-26(19-24-12-8-9-21(2)17-24)28(30-22(3)29-27)32-15-13-31(14-16-32)20-25(33)18-23-10-6-5-7-11-23/h5-12,17,25,33H,4,13-16,18-20H2,1-3H3/t25-/m1/s1. The van der Waals surface area contributed by atoms with Gasteiger partial charge < -0.3 is 10.0 Å². The lowest BCUT2D eigenvalue weighted by Crippen LogP contribution is -2.49. The fourth-order valence-electron chi connectivity index (χ4n) is 4.79. The van der Waals surface area contributed by atoms with E-state index in [2.05, 4.69) is 60.0 Å². The molecule has 1 N–H and O–H groups in total. The number of piperazine rings is 1. The van der Waals surface area contributed by atoms with Gasteiger partial charge in [0.25, 0.3) is 0 Å². The first-order chi connectivity index (χ1) is 16.0. The van der Waals surface area contributed by atoms with E-state index >= 15 is 0 Å². The van der Waals surface area contributed by atoms with E-state index in [0.29, 0.717) is 13.0 Å². The largest absolute Gasteiger partial charge is 0.391 e. The van der Waals surface area contributed by atoms with E-state index in [1.165, 1.54) is 22.3 Å². The zero-order valence-corrected chi connectivity index (χ0v) is 20.2. The van der Waals surface area contributed by atoms with Crippen LogP contribution in [0.4, 0.5) is 5.82 Å². The van der Waals surface area contributed by atoms with Crippen LogP contribution in [0, 0.1) is 13.8 Å². The Labute approximate surface area is 198 Å². The van der Waals surface area contributed by atoms with Crippen LogP contribution in [-0.2, 0) is 19.3 Å². The molecule has 5 nitrogen and oxygen atoms in total. The van der Waals surface area contributed by atoms with E-state index < -0.39 is 0 Å². The average Bonchev–Trinajstić information content (AvgIpc) is 2.81. The highest BCUT2D eigenvalue weighted by Crippen LogP contribution is 2.26. The first-order valence-electron chi connectivity index (χ1n) is 12.1. The summed E-state index contributed by atoms with van der Waals surface area (Å²) in [6, 6.07) is 19.0. The van der Waals surface area contributed by atoms with Crippen molar-refractivity contribution >= 4 is 5.82 Å². The summed E-state index contributed by atoms with van der Waals surface area (Å²) in [4.78, 5) is 14.5. The number of nitrogens with zero attached hydrogens (tertiary/aromatic N) is 4. The summed E-state index contributed by atoms with van der Waals surface area (Å²) in [5.41, 5.74) is 6.18. The highest BCUT2D eigenvalue weighted by Gasteiger charge is 2.24. The van der Waals surface area contributed by atoms with Crippen molar-refractivity contribution in [2.24, 2.45) is 0 Å². The van der Waals surface area contributed by atoms with Gasteiger partial charge in [-0.05, 0) is 37.8 Å². The number of hydrogen-bond acceptors (Lipinski definition) is 5. The first-order valence-corrected chi connectivity index (χ1v) is 12.1. The van der Waals surface area contributed by atoms with E-state index in [1.54, 1.807) is 0 Å². The minimum absolute atomic E-state index is 0.344. The van der Waals surface area contributed by atoms with Crippen LogP contribution in [0.15, 0.2) is 54.6 Å². The Balaban J connectivity index is 1.44. The molecular formula is C28H36N4O. The lowest BCUT2D eigenvalue weighted by Gasteiger charge is -2.37. The third-order valence-electron chi connectivity index (χ3n) is 6.44. The van der Waals surface area contributed by atoms with Crippen LogP contribution in [0.5, 0.6) is 0 Å². The lowest BCUT2D eigenvalue weighted by molar-refractivity contribution is 0.109. The van der Waals surface area contributed by atoms with Gasteiger partial charge in [-0.2, -0.15) is 0 Å². The molecule has 0 radical (unpaired) electrons. The summed E-state index contributed by atoms with van der Waals surface area (Å²) in [6.45, 7) is 10.7. The maximum Gasteiger partial charge on any atom is 0.136 e. The van der Waals surface area contributed by atoms with Gasteiger partial charge in [-0.15, -0.1) is 0 Å². The molecule has 1 aliphatic heterocycles. The molecule has 1 aromatic heterocycles. The maximum atomic E-state index is 10.6. The van der Waals surface area contributed by atoms with Gasteiger partial charge in [0.2, 0.25) is 0 Å². The molecule has 174 valence electrons. The Hall–Kier alpha value is -2.76. The quantitative estimate of drug-likeness (QED) is 0.570. The van der Waals surface area contributed by atoms with Gasteiger partial charge in [-0.25, -0.2) is 9.97 Å². The van der Waals surface area contributed by atoms with Gasteiger partial charge in [0.05, 0.1) is 6.10 Å². The number of benzene rings is 2. The van der Waals surface area contributed by atoms with Crippen molar-refractivity contribution in [1.29, 1.82) is 0 Å².